The van der Waals surface area contributed by atoms with Gasteiger partial charge in [-0.15, -0.1) is 0 Å². The normalized spacial score (nSPS) is 14.6. The molecule has 0 aliphatic rings. The van der Waals surface area contributed by atoms with Gasteiger partial charge >= 0.3 is 25.7 Å². The Morgan fingerprint density at radius 1 is 0.464 bits per heavy atom. The molecule has 170 valence electrons. The van der Waals surface area contributed by atoms with E-state index in [1.54, 1.807) is 0 Å². The highest BCUT2D eigenvalue weighted by Gasteiger charge is 2.44. The Morgan fingerprint density at radius 3 is 1.32 bits per heavy atom. The third kappa shape index (κ3) is 15.7. The minimum absolute atomic E-state index is 1.22. The summed E-state index contributed by atoms with van der Waals surface area (Å²) in [4.78, 5) is 0. The zero-order valence-corrected chi connectivity index (χ0v) is 26.1. The molecule has 0 N–H and O–H groups in total. The van der Waals surface area contributed by atoms with Crippen LogP contribution in [0.25, 0.3) is 0 Å². The second-order valence-electron chi connectivity index (χ2n) is 11.0. The van der Waals surface area contributed by atoms with Crippen LogP contribution in [0.2, 0.25) is 78.1 Å². The lowest BCUT2D eigenvalue weighted by atomic mass is 10.1. The van der Waals surface area contributed by atoms with Crippen LogP contribution in [0.4, 0.5) is 0 Å². The van der Waals surface area contributed by atoms with Gasteiger partial charge in [0.1, 0.15) is 0 Å². The topological polar surface area (TPSA) is 36.9 Å². The largest absolute Gasteiger partial charge is 0.437 e. The molecule has 9 heteroatoms. The van der Waals surface area contributed by atoms with Gasteiger partial charge in [-0.3, -0.25) is 0 Å². The Hall–Kier alpha value is 0.924. The van der Waals surface area contributed by atoms with Crippen LogP contribution in [0.3, 0.4) is 0 Å². The predicted octanol–water partition coefficient (Wildman–Crippen LogP) is 7.56. The molecule has 0 heterocycles. The van der Waals surface area contributed by atoms with Crippen LogP contribution in [-0.2, 0) is 16.5 Å². The van der Waals surface area contributed by atoms with E-state index in [-0.39, 0.29) is 0 Å². The Balaban J connectivity index is 4.65. The minimum atomic E-state index is -2.31. The van der Waals surface area contributed by atoms with Crippen molar-refractivity contribution in [1.29, 1.82) is 0 Å². The summed E-state index contributed by atoms with van der Waals surface area (Å²) in [6.07, 6.45) is 8.03. The first-order chi connectivity index (χ1) is 12.4. The first-order valence-electron chi connectivity index (χ1n) is 11.2. The fourth-order valence-electron chi connectivity index (χ4n) is 4.03. The van der Waals surface area contributed by atoms with E-state index in [4.69, 9.17) is 16.5 Å². The van der Waals surface area contributed by atoms with Crippen molar-refractivity contribution in [3.05, 3.63) is 0 Å². The number of rotatable bonds is 15. The summed E-state index contributed by atoms with van der Waals surface area (Å²) in [6.45, 7) is 26.6. The molecule has 0 saturated carbocycles. The maximum atomic E-state index is 6.70. The van der Waals surface area contributed by atoms with E-state index in [2.05, 4.69) is 78.9 Å². The molecular formula is C19H50O4Si5. The minimum Gasteiger partial charge on any atom is -0.437 e. The number of hydrogen-bond donors (Lipinski definition) is 0. The molecule has 0 saturated heterocycles. The quantitative estimate of drug-likeness (QED) is 0.178. The summed E-state index contributed by atoms with van der Waals surface area (Å²) in [6, 6.07) is 1.22. The smallest absolute Gasteiger partial charge is 0.314 e. The molecule has 0 aliphatic heterocycles. The van der Waals surface area contributed by atoms with Gasteiger partial charge < -0.3 is 16.5 Å². The third-order valence-corrected chi connectivity index (χ3v) is 22.2. The maximum Gasteiger partial charge on any atom is 0.314 e. The van der Waals surface area contributed by atoms with Crippen molar-refractivity contribution in [2.45, 2.75) is 124 Å². The van der Waals surface area contributed by atoms with Crippen LogP contribution < -0.4 is 0 Å². The van der Waals surface area contributed by atoms with Crippen molar-refractivity contribution in [1.82, 2.24) is 0 Å². The summed E-state index contributed by atoms with van der Waals surface area (Å²) in [5.74, 6) is 0. The fourth-order valence-corrected chi connectivity index (χ4v) is 27.9. The van der Waals surface area contributed by atoms with E-state index in [1.807, 2.05) is 0 Å². The molecule has 4 nitrogen and oxygen atoms in total. The zero-order valence-electron chi connectivity index (χ0n) is 21.1. The van der Waals surface area contributed by atoms with Crippen molar-refractivity contribution in [3.63, 3.8) is 0 Å². The van der Waals surface area contributed by atoms with E-state index in [0.29, 0.717) is 0 Å². The lowest BCUT2D eigenvalue weighted by Gasteiger charge is -2.42. The lowest BCUT2D eigenvalue weighted by molar-refractivity contribution is 0.299. The van der Waals surface area contributed by atoms with Crippen LogP contribution in [0.5, 0.6) is 0 Å². The molecule has 0 fully saturated rings. The molecule has 0 aromatic carbocycles. The van der Waals surface area contributed by atoms with Gasteiger partial charge in [-0.25, -0.2) is 0 Å². The van der Waals surface area contributed by atoms with Gasteiger partial charge in [0.05, 0.1) is 0 Å². The molecule has 0 unspecified atom stereocenters. The van der Waals surface area contributed by atoms with Gasteiger partial charge in [-0.1, -0.05) is 45.4 Å². The van der Waals surface area contributed by atoms with E-state index in [9.17, 15) is 0 Å². The molecular weight excluding hydrogens is 433 g/mol. The van der Waals surface area contributed by atoms with Crippen molar-refractivity contribution in [3.8, 4) is 0 Å². The average molecular weight is 483 g/mol. The lowest BCUT2D eigenvalue weighted by Crippen LogP contribution is -2.58. The van der Waals surface area contributed by atoms with Gasteiger partial charge in [-0.05, 0) is 78.1 Å². The second kappa shape index (κ2) is 11.5. The van der Waals surface area contributed by atoms with Gasteiger partial charge in [0.25, 0.3) is 0 Å². The van der Waals surface area contributed by atoms with Crippen molar-refractivity contribution in [2.24, 2.45) is 0 Å². The SMILES string of the molecule is CCCCCCCC[Si](C)(C)O[Si](C)(C)O[Si](C)(C)O[Si](C)(C)O[Si](C)(C)C. The van der Waals surface area contributed by atoms with E-state index in [0.717, 1.165) is 0 Å². The molecule has 0 bridgehead atoms. The number of hydrogen-bond acceptors (Lipinski definition) is 4. The molecule has 0 spiro atoms. The van der Waals surface area contributed by atoms with Gasteiger partial charge in [-0.2, -0.15) is 0 Å². The van der Waals surface area contributed by atoms with Crippen molar-refractivity contribution < 1.29 is 16.5 Å². The highest BCUT2D eigenvalue weighted by Crippen LogP contribution is 2.27. The molecule has 0 rings (SSSR count). The molecule has 28 heavy (non-hydrogen) atoms. The van der Waals surface area contributed by atoms with E-state index in [1.165, 1.54) is 44.6 Å². The summed E-state index contributed by atoms with van der Waals surface area (Å²) >= 11 is 0. The molecule has 0 atom stereocenters. The van der Waals surface area contributed by atoms with Crippen molar-refractivity contribution >= 4 is 42.3 Å². The van der Waals surface area contributed by atoms with Gasteiger partial charge in [0, 0.05) is 0 Å². The summed E-state index contributed by atoms with van der Waals surface area (Å²) in [5.41, 5.74) is 0. The summed E-state index contributed by atoms with van der Waals surface area (Å²) in [7, 11) is -10.1. The first-order valence-corrected chi connectivity index (χ1v) is 26.2. The van der Waals surface area contributed by atoms with Crippen LogP contribution in [0, 0.1) is 0 Å². The standard InChI is InChI=1S/C19H50O4Si5/c1-13-14-15-16-17-18-19-25(5,6)21-27(9,10)23-28(11,12)22-26(7,8)20-24(2,3)4/h13-19H2,1-12H3. The van der Waals surface area contributed by atoms with Crippen LogP contribution in [0.15, 0.2) is 0 Å². The highest BCUT2D eigenvalue weighted by molar-refractivity contribution is 6.90. The highest BCUT2D eigenvalue weighted by atomic mass is 28.5. The van der Waals surface area contributed by atoms with Crippen LogP contribution in [0.1, 0.15) is 45.4 Å². The number of unbranched alkanes of at least 4 members (excludes halogenated alkanes) is 5. The third-order valence-electron chi connectivity index (χ3n) is 4.19. The Morgan fingerprint density at radius 2 is 0.857 bits per heavy atom. The van der Waals surface area contributed by atoms with Crippen LogP contribution >= 0.6 is 0 Å². The van der Waals surface area contributed by atoms with Gasteiger partial charge in [0.15, 0.2) is 16.6 Å². The molecule has 0 radical (unpaired) electrons. The average Bonchev–Trinajstić information content (AvgIpc) is 2.35. The molecule has 0 aromatic rings. The van der Waals surface area contributed by atoms with Gasteiger partial charge in [0.2, 0.25) is 0 Å². The predicted molar refractivity (Wildman–Crippen MR) is 136 cm³/mol. The van der Waals surface area contributed by atoms with Crippen molar-refractivity contribution in [2.75, 3.05) is 0 Å². The Labute approximate surface area is 182 Å². The Kier molecular flexibility index (Phi) is 11.9. The second-order valence-corrected chi connectivity index (χ2v) is 30.9. The van der Waals surface area contributed by atoms with Crippen LogP contribution in [-0.4, -0.2) is 42.3 Å². The maximum absolute atomic E-state index is 6.70. The summed E-state index contributed by atoms with van der Waals surface area (Å²) in [5, 5.41) is 0. The van der Waals surface area contributed by atoms with E-state index >= 15 is 0 Å². The molecule has 0 aliphatic carbocycles. The molecule has 0 amide bonds. The Bertz CT molecular complexity index is 448. The first kappa shape index (κ1) is 28.9. The fraction of sp³-hybridized carbons (Fsp3) is 1.00. The monoisotopic (exact) mass is 482 g/mol. The summed E-state index contributed by atoms with van der Waals surface area (Å²) < 4.78 is 26.2. The zero-order chi connectivity index (χ0) is 22.3. The van der Waals surface area contributed by atoms with E-state index < -0.39 is 42.3 Å². The molecule has 0 aromatic heterocycles.